The van der Waals surface area contributed by atoms with Crippen LogP contribution < -0.4 is 24.3 Å². The zero-order chi connectivity index (χ0) is 26.0. The van der Waals surface area contributed by atoms with Gasteiger partial charge in [-0.25, -0.2) is 0 Å². The van der Waals surface area contributed by atoms with Crippen molar-refractivity contribution in [1.82, 2.24) is 0 Å². The molecule has 2 aromatic rings. The van der Waals surface area contributed by atoms with Gasteiger partial charge >= 0.3 is 0 Å². The fraction of sp³-hybridized carbons (Fsp3) is 0.417. The normalized spacial score (nSPS) is 11.7. The quantitative estimate of drug-likeness (QED) is 0.244. The second-order valence-corrected chi connectivity index (χ2v) is 7.79. The molecule has 0 aliphatic heterocycles. The SMILES string of the molecule is CCOc1cc(NC(=O)C(N=Nc2cc(OCC)c(OCC)cc2Cl)C(C)=O)c(OCC)cc1Cl. The van der Waals surface area contributed by atoms with Crippen LogP contribution in [-0.2, 0) is 9.59 Å². The van der Waals surface area contributed by atoms with E-state index in [9.17, 15) is 9.59 Å². The molecule has 1 amide bonds. The van der Waals surface area contributed by atoms with Gasteiger partial charge in [0.05, 0.1) is 42.2 Å². The standard InChI is InChI=1S/C24H29Cl2N3O6/c1-6-32-19-13-18(20(33-7-2)11-16(19)26)27-24(31)23(14(5)30)29-28-17-12-22(35-9-4)21(34-8-3)10-15(17)25/h10-13,23H,6-9H2,1-5H3,(H,27,31). The molecule has 0 fully saturated rings. The summed E-state index contributed by atoms with van der Waals surface area (Å²) in [6.45, 7) is 10.0. The highest BCUT2D eigenvalue weighted by Gasteiger charge is 2.25. The predicted molar refractivity (Wildman–Crippen MR) is 135 cm³/mol. The van der Waals surface area contributed by atoms with E-state index in [4.69, 9.17) is 42.1 Å². The summed E-state index contributed by atoms with van der Waals surface area (Å²) in [5.41, 5.74) is 0.502. The Kier molecular flexibility index (Phi) is 11.1. The largest absolute Gasteiger partial charge is 0.492 e. The van der Waals surface area contributed by atoms with E-state index in [1.54, 1.807) is 19.9 Å². The summed E-state index contributed by atoms with van der Waals surface area (Å²) in [5.74, 6) is 0.329. The third kappa shape index (κ3) is 7.73. The van der Waals surface area contributed by atoms with Gasteiger partial charge in [0.15, 0.2) is 17.3 Å². The smallest absolute Gasteiger partial charge is 0.258 e. The van der Waals surface area contributed by atoms with Gasteiger partial charge in [-0.05, 0) is 34.6 Å². The Morgan fingerprint density at radius 1 is 0.800 bits per heavy atom. The van der Waals surface area contributed by atoms with Gasteiger partial charge in [0, 0.05) is 24.3 Å². The lowest BCUT2D eigenvalue weighted by atomic mass is 10.2. The van der Waals surface area contributed by atoms with Crippen molar-refractivity contribution in [2.45, 2.75) is 40.7 Å². The van der Waals surface area contributed by atoms with Crippen LogP contribution in [0.3, 0.4) is 0 Å². The van der Waals surface area contributed by atoms with Gasteiger partial charge < -0.3 is 24.3 Å². The molecule has 190 valence electrons. The number of anilines is 1. The van der Waals surface area contributed by atoms with E-state index < -0.39 is 17.7 Å². The number of ketones is 1. The summed E-state index contributed by atoms with van der Waals surface area (Å²) in [6, 6.07) is 4.71. The number of hydrogen-bond donors (Lipinski definition) is 1. The Labute approximate surface area is 214 Å². The van der Waals surface area contributed by atoms with Gasteiger partial charge in [-0.2, -0.15) is 10.2 Å². The van der Waals surface area contributed by atoms with Crippen molar-refractivity contribution in [1.29, 1.82) is 0 Å². The van der Waals surface area contributed by atoms with Crippen molar-refractivity contribution in [3.05, 3.63) is 34.3 Å². The molecule has 2 rings (SSSR count). The third-order valence-corrected chi connectivity index (χ3v) is 5.02. The second-order valence-electron chi connectivity index (χ2n) is 6.98. The average molecular weight is 526 g/mol. The summed E-state index contributed by atoms with van der Waals surface area (Å²) < 4.78 is 22.2. The molecule has 0 radical (unpaired) electrons. The summed E-state index contributed by atoms with van der Waals surface area (Å²) in [7, 11) is 0. The minimum absolute atomic E-state index is 0.220. The highest BCUT2D eigenvalue weighted by atomic mass is 35.5. The molecular weight excluding hydrogens is 497 g/mol. The molecule has 0 aliphatic rings. The van der Waals surface area contributed by atoms with Gasteiger partial charge in [0.2, 0.25) is 6.04 Å². The zero-order valence-corrected chi connectivity index (χ0v) is 21.8. The highest BCUT2D eigenvalue weighted by Crippen LogP contribution is 2.39. The van der Waals surface area contributed by atoms with Crippen LogP contribution in [0.4, 0.5) is 11.4 Å². The monoisotopic (exact) mass is 525 g/mol. The van der Waals surface area contributed by atoms with E-state index in [0.717, 1.165) is 0 Å². The van der Waals surface area contributed by atoms with E-state index >= 15 is 0 Å². The number of amides is 1. The number of nitrogens with one attached hydrogen (secondary N) is 1. The van der Waals surface area contributed by atoms with Gasteiger partial charge in [-0.1, -0.05) is 23.2 Å². The molecule has 1 N–H and O–H groups in total. The first-order chi connectivity index (χ1) is 16.7. The molecule has 0 spiro atoms. The second kappa shape index (κ2) is 13.7. The maximum atomic E-state index is 13.0. The van der Waals surface area contributed by atoms with E-state index in [1.807, 2.05) is 13.8 Å². The Morgan fingerprint density at radius 2 is 1.31 bits per heavy atom. The fourth-order valence-electron chi connectivity index (χ4n) is 2.95. The van der Waals surface area contributed by atoms with E-state index in [0.29, 0.717) is 54.4 Å². The number of hydrogen-bond acceptors (Lipinski definition) is 8. The van der Waals surface area contributed by atoms with Crippen molar-refractivity contribution in [3.63, 3.8) is 0 Å². The van der Waals surface area contributed by atoms with Crippen LogP contribution in [0.25, 0.3) is 0 Å². The van der Waals surface area contributed by atoms with Crippen LogP contribution in [0.15, 0.2) is 34.5 Å². The number of carbonyl (C=O) groups is 2. The number of Topliss-reactive ketones (excluding diaryl/α,β-unsaturated/α-hetero) is 1. The summed E-state index contributed by atoms with van der Waals surface area (Å²) in [6.07, 6.45) is 0. The van der Waals surface area contributed by atoms with Crippen LogP contribution in [0.1, 0.15) is 34.6 Å². The minimum atomic E-state index is -1.44. The summed E-state index contributed by atoms with van der Waals surface area (Å²) in [4.78, 5) is 25.2. The Morgan fingerprint density at radius 3 is 1.89 bits per heavy atom. The third-order valence-electron chi connectivity index (χ3n) is 4.42. The lowest BCUT2D eigenvalue weighted by molar-refractivity contribution is -0.126. The van der Waals surface area contributed by atoms with Gasteiger partial charge in [-0.3, -0.25) is 9.59 Å². The summed E-state index contributed by atoms with van der Waals surface area (Å²) in [5, 5.41) is 11.2. The number of nitrogens with zero attached hydrogens (tertiary/aromatic N) is 2. The maximum Gasteiger partial charge on any atom is 0.258 e. The lowest BCUT2D eigenvalue weighted by Gasteiger charge is -2.16. The minimum Gasteiger partial charge on any atom is -0.492 e. The van der Waals surface area contributed by atoms with Crippen LogP contribution in [0.5, 0.6) is 23.0 Å². The molecule has 0 heterocycles. The van der Waals surface area contributed by atoms with Gasteiger partial charge in [0.25, 0.3) is 5.91 Å². The first-order valence-corrected chi connectivity index (χ1v) is 11.9. The van der Waals surface area contributed by atoms with E-state index in [-0.39, 0.29) is 16.4 Å². The molecule has 35 heavy (non-hydrogen) atoms. The van der Waals surface area contributed by atoms with Gasteiger partial charge in [-0.15, -0.1) is 0 Å². The Balaban J connectivity index is 2.36. The number of benzene rings is 2. The van der Waals surface area contributed by atoms with Gasteiger partial charge in [0.1, 0.15) is 17.2 Å². The van der Waals surface area contributed by atoms with E-state index in [1.165, 1.54) is 25.1 Å². The lowest BCUT2D eigenvalue weighted by Crippen LogP contribution is -2.32. The topological polar surface area (TPSA) is 108 Å². The number of carbonyl (C=O) groups excluding carboxylic acids is 2. The number of ether oxygens (including phenoxy) is 4. The van der Waals surface area contributed by atoms with Crippen molar-refractivity contribution in [2.24, 2.45) is 10.2 Å². The Bertz CT molecular complexity index is 1080. The van der Waals surface area contributed by atoms with Crippen LogP contribution in [0, 0.1) is 0 Å². The molecule has 1 unspecified atom stereocenters. The first kappa shape index (κ1) is 28.2. The highest BCUT2D eigenvalue weighted by molar-refractivity contribution is 6.33. The van der Waals surface area contributed by atoms with Crippen LogP contribution in [0.2, 0.25) is 10.0 Å². The van der Waals surface area contributed by atoms with Crippen LogP contribution in [-0.4, -0.2) is 44.2 Å². The molecule has 9 nitrogen and oxygen atoms in total. The van der Waals surface area contributed by atoms with Crippen molar-refractivity contribution < 1.29 is 28.5 Å². The average Bonchev–Trinajstić information content (AvgIpc) is 2.80. The number of rotatable bonds is 13. The Hall–Kier alpha value is -3.04. The van der Waals surface area contributed by atoms with Crippen molar-refractivity contribution >= 4 is 46.3 Å². The summed E-state index contributed by atoms with van der Waals surface area (Å²) >= 11 is 12.5. The molecule has 1 atom stereocenters. The molecule has 0 saturated heterocycles. The maximum absolute atomic E-state index is 13.0. The molecule has 0 aliphatic carbocycles. The molecule has 0 aromatic heterocycles. The first-order valence-electron chi connectivity index (χ1n) is 11.2. The molecule has 11 heteroatoms. The van der Waals surface area contributed by atoms with Crippen molar-refractivity contribution in [3.8, 4) is 23.0 Å². The molecular formula is C24H29Cl2N3O6. The van der Waals surface area contributed by atoms with Crippen molar-refractivity contribution in [2.75, 3.05) is 31.7 Å². The number of halogens is 2. The molecule has 2 aromatic carbocycles. The number of azo groups is 1. The molecule has 0 saturated carbocycles. The van der Waals surface area contributed by atoms with E-state index in [2.05, 4.69) is 15.5 Å². The zero-order valence-electron chi connectivity index (χ0n) is 20.3. The molecule has 0 bridgehead atoms. The fourth-order valence-corrected chi connectivity index (χ4v) is 3.35. The van der Waals surface area contributed by atoms with Crippen LogP contribution >= 0.6 is 23.2 Å². The predicted octanol–water partition coefficient (Wildman–Crippen LogP) is 6.27.